The van der Waals surface area contributed by atoms with Crippen molar-refractivity contribution < 1.29 is 95.3 Å². The van der Waals surface area contributed by atoms with Crippen LogP contribution in [0.3, 0.4) is 0 Å². The highest BCUT2D eigenvalue weighted by Crippen LogP contribution is 2.38. The molecule has 2 aliphatic carbocycles. The van der Waals surface area contributed by atoms with Gasteiger partial charge in [0.05, 0.1) is 62.6 Å². The topological polar surface area (TPSA) is 263 Å². The first-order chi connectivity index (χ1) is 38.9. The minimum Gasteiger partial charge on any atom is -0.466 e. The molecule has 0 radical (unpaired) electrons. The fourth-order valence-corrected chi connectivity index (χ4v) is 8.97. The maximum Gasteiger partial charge on any atom is 0.330 e. The van der Waals surface area contributed by atoms with Gasteiger partial charge in [-0.1, -0.05) is 37.4 Å². The van der Waals surface area contributed by atoms with Crippen LogP contribution >= 0.6 is 0 Å². The Morgan fingerprint density at radius 1 is 0.420 bits per heavy atom. The Morgan fingerprint density at radius 2 is 0.741 bits per heavy atom. The Bertz CT molecular complexity index is 2690. The Balaban J connectivity index is 0.939. The van der Waals surface area contributed by atoms with Crippen LogP contribution in [0.25, 0.3) is 0 Å². The second kappa shape index (κ2) is 33.4. The molecule has 3 aromatic carbocycles. The lowest BCUT2D eigenvalue weighted by atomic mass is 9.82. The predicted molar refractivity (Wildman–Crippen MR) is 288 cm³/mol. The van der Waals surface area contributed by atoms with Crippen molar-refractivity contribution in [3.63, 3.8) is 0 Å². The maximum atomic E-state index is 13.5. The van der Waals surface area contributed by atoms with Gasteiger partial charge >= 0.3 is 59.7 Å². The van der Waals surface area contributed by atoms with Crippen LogP contribution in [0.2, 0.25) is 0 Å². The average Bonchev–Trinajstić information content (AvgIpc) is 3.49. The SMILES string of the molecule is C=CC(=O)OCCOC(=O)CCC(=O)OCCCc1ccc(OC(=O)[C@H]2CC[C@H](C(=O)Oc3cc(C)c(OC(=O)[C@H]4CC[C@H](C(=O)Oc5ccc(CCCOC(=O)CCC(=O)OCCOC(=O)C=C)cc5)CC4)c(C)c3C)CC2)cc1. The molecule has 81 heavy (non-hydrogen) atoms. The van der Waals surface area contributed by atoms with Crippen LogP contribution < -0.4 is 18.9 Å². The van der Waals surface area contributed by atoms with Gasteiger partial charge in [0.25, 0.3) is 0 Å². The van der Waals surface area contributed by atoms with E-state index in [1.807, 2.05) is 24.3 Å². The first kappa shape index (κ1) is 63.7. The first-order valence-electron chi connectivity index (χ1n) is 27.3. The third-order valence-electron chi connectivity index (χ3n) is 13.8. The van der Waals surface area contributed by atoms with E-state index >= 15 is 0 Å². The normalized spacial score (nSPS) is 16.5. The van der Waals surface area contributed by atoms with Crippen molar-refractivity contribution in [1.82, 2.24) is 0 Å². The molecule has 0 saturated heterocycles. The third-order valence-corrected chi connectivity index (χ3v) is 13.8. The fraction of sp³-hybridized carbons (Fsp3) is 0.475. The first-order valence-corrected chi connectivity index (χ1v) is 27.3. The molecule has 0 spiro atoms. The summed E-state index contributed by atoms with van der Waals surface area (Å²) >= 11 is 0. The number of ether oxygens (including phenoxy) is 10. The molecular weight excluding hydrogens is 1050 g/mol. The van der Waals surface area contributed by atoms with Crippen LogP contribution in [0.4, 0.5) is 0 Å². The van der Waals surface area contributed by atoms with Crippen molar-refractivity contribution in [2.45, 2.75) is 124 Å². The van der Waals surface area contributed by atoms with Crippen molar-refractivity contribution in [3.8, 4) is 23.0 Å². The summed E-state index contributed by atoms with van der Waals surface area (Å²) in [6.07, 6.45) is 7.22. The zero-order chi connectivity index (χ0) is 58.7. The van der Waals surface area contributed by atoms with Crippen LogP contribution in [0.5, 0.6) is 23.0 Å². The zero-order valence-corrected chi connectivity index (χ0v) is 46.3. The van der Waals surface area contributed by atoms with E-state index in [1.165, 1.54) is 0 Å². The highest BCUT2D eigenvalue weighted by Gasteiger charge is 2.35. The lowest BCUT2D eigenvalue weighted by Crippen LogP contribution is -2.31. The average molecular weight is 1130 g/mol. The van der Waals surface area contributed by atoms with E-state index in [2.05, 4.69) is 13.2 Å². The summed E-state index contributed by atoms with van der Waals surface area (Å²) in [5.74, 6) is -5.15. The number of aryl methyl sites for hydroxylation is 3. The molecule has 0 aliphatic heterocycles. The summed E-state index contributed by atoms with van der Waals surface area (Å²) in [6.45, 7) is 11.7. The van der Waals surface area contributed by atoms with Crippen molar-refractivity contribution >= 4 is 59.7 Å². The molecule has 20 heteroatoms. The molecule has 0 unspecified atom stereocenters. The molecule has 0 atom stereocenters. The molecule has 2 fully saturated rings. The Hall–Kier alpha value is -8.16. The molecule has 0 aromatic heterocycles. The van der Waals surface area contributed by atoms with E-state index in [4.69, 9.17) is 47.4 Å². The second-order valence-corrected chi connectivity index (χ2v) is 19.7. The third kappa shape index (κ3) is 22.1. The minimum atomic E-state index is -0.627. The van der Waals surface area contributed by atoms with Gasteiger partial charge in [-0.25, -0.2) is 9.59 Å². The summed E-state index contributed by atoms with van der Waals surface area (Å²) < 4.78 is 52.9. The number of rotatable bonds is 30. The molecule has 3 aromatic rings. The van der Waals surface area contributed by atoms with E-state index < -0.39 is 59.6 Å². The van der Waals surface area contributed by atoms with Crippen LogP contribution in [0.1, 0.15) is 118 Å². The van der Waals surface area contributed by atoms with E-state index in [0.717, 1.165) is 23.3 Å². The maximum absolute atomic E-state index is 13.5. The lowest BCUT2D eigenvalue weighted by molar-refractivity contribution is -0.152. The Kier molecular flexibility index (Phi) is 26.3. The van der Waals surface area contributed by atoms with Gasteiger partial charge in [0.1, 0.15) is 49.4 Å². The standard InChI is InChI=1S/C61H72O20/c1-6-51(62)74-34-36-76-55(66)30-28-53(64)72-32-8-10-42-12-24-48(25-13-42)78-58(68)44-16-20-46(21-17-44)60(70)80-50-38-39(3)57(41(5)40(50)4)81-61(71)47-22-18-45(19-23-47)59(69)79-49-26-14-43(15-27-49)11-9-33-73-54(65)29-31-56(67)77-37-35-75-52(63)7-2/h6-7,12-15,24-27,38,44-47H,1-2,8-11,16-23,28-37H2,3-5H3/t44-,45-,46-,47-. The van der Waals surface area contributed by atoms with Gasteiger partial charge in [-0.3, -0.25) is 38.4 Å². The van der Waals surface area contributed by atoms with Crippen molar-refractivity contribution in [3.05, 3.63) is 108 Å². The van der Waals surface area contributed by atoms with Crippen LogP contribution in [-0.4, -0.2) is 99.3 Å². The van der Waals surface area contributed by atoms with Gasteiger partial charge in [-0.2, -0.15) is 0 Å². The number of benzene rings is 3. The van der Waals surface area contributed by atoms with E-state index in [1.54, 1.807) is 51.1 Å². The minimum absolute atomic E-state index is 0.110. The largest absolute Gasteiger partial charge is 0.466 e. The summed E-state index contributed by atoms with van der Waals surface area (Å²) in [4.78, 5) is 123. The molecular formula is C61H72O20. The zero-order valence-electron chi connectivity index (χ0n) is 46.3. The monoisotopic (exact) mass is 1120 g/mol. The highest BCUT2D eigenvalue weighted by molar-refractivity contribution is 5.83. The fourth-order valence-electron chi connectivity index (χ4n) is 8.97. The van der Waals surface area contributed by atoms with Gasteiger partial charge in [-0.05, 0) is 156 Å². The van der Waals surface area contributed by atoms with Gasteiger partial charge in [0, 0.05) is 12.2 Å². The molecule has 0 N–H and O–H groups in total. The molecule has 2 aliphatic rings. The van der Waals surface area contributed by atoms with Crippen LogP contribution in [-0.2, 0) is 89.2 Å². The predicted octanol–water partition coefficient (Wildman–Crippen LogP) is 8.30. The summed E-state index contributed by atoms with van der Waals surface area (Å²) in [5, 5.41) is 0. The number of carbonyl (C=O) groups is 10. The summed E-state index contributed by atoms with van der Waals surface area (Å²) in [7, 11) is 0. The molecule has 5 rings (SSSR count). The van der Waals surface area contributed by atoms with Crippen molar-refractivity contribution in [1.29, 1.82) is 0 Å². The van der Waals surface area contributed by atoms with E-state index in [9.17, 15) is 47.9 Å². The Morgan fingerprint density at radius 3 is 1.10 bits per heavy atom. The van der Waals surface area contributed by atoms with E-state index in [-0.39, 0.29) is 89.1 Å². The molecule has 0 amide bonds. The highest BCUT2D eigenvalue weighted by atomic mass is 16.6. The number of hydrogen-bond donors (Lipinski definition) is 0. The van der Waals surface area contributed by atoms with Gasteiger partial charge < -0.3 is 47.4 Å². The van der Waals surface area contributed by atoms with Crippen LogP contribution in [0, 0.1) is 44.4 Å². The molecule has 436 valence electrons. The number of esters is 10. The second-order valence-electron chi connectivity index (χ2n) is 19.7. The molecule has 2 saturated carbocycles. The molecule has 0 heterocycles. The summed E-state index contributed by atoms with van der Waals surface area (Å²) in [6, 6.07) is 15.8. The molecule has 0 bridgehead atoms. The van der Waals surface area contributed by atoms with Crippen molar-refractivity contribution in [2.75, 3.05) is 39.6 Å². The van der Waals surface area contributed by atoms with Gasteiger partial charge in [0.15, 0.2) is 0 Å². The van der Waals surface area contributed by atoms with Gasteiger partial charge in [0.2, 0.25) is 0 Å². The van der Waals surface area contributed by atoms with E-state index in [0.29, 0.717) is 117 Å². The lowest BCUT2D eigenvalue weighted by Gasteiger charge is -2.27. The van der Waals surface area contributed by atoms with Crippen LogP contribution in [0.15, 0.2) is 79.9 Å². The number of hydrogen-bond acceptors (Lipinski definition) is 20. The van der Waals surface area contributed by atoms with Gasteiger partial charge in [-0.15, -0.1) is 0 Å². The smallest absolute Gasteiger partial charge is 0.330 e. The quantitative estimate of drug-likeness (QED) is 0.0200. The molecule has 20 nitrogen and oxygen atoms in total. The number of carbonyl (C=O) groups excluding carboxylic acids is 10. The Labute approximate surface area is 471 Å². The van der Waals surface area contributed by atoms with Crippen molar-refractivity contribution in [2.24, 2.45) is 23.7 Å². The summed E-state index contributed by atoms with van der Waals surface area (Å²) in [5.41, 5.74) is 3.82.